The molecule has 2 aromatic rings. The lowest BCUT2D eigenvalue weighted by Gasteiger charge is -2.33. The third-order valence-electron chi connectivity index (χ3n) is 6.88. The number of ether oxygens (including phenoxy) is 2. The van der Waals surface area contributed by atoms with Gasteiger partial charge >= 0.3 is 5.97 Å². The zero-order chi connectivity index (χ0) is 29.8. The van der Waals surface area contributed by atoms with Crippen molar-refractivity contribution in [1.29, 1.82) is 0 Å². The lowest BCUT2D eigenvalue weighted by Crippen LogP contribution is -2.58. The smallest absolute Gasteiger partial charge is 0.328 e. The third-order valence-corrected chi connectivity index (χ3v) is 6.88. The van der Waals surface area contributed by atoms with Gasteiger partial charge in [0.2, 0.25) is 11.8 Å². The second kappa shape index (κ2) is 15.8. The molecule has 0 unspecified atom stereocenters. The summed E-state index contributed by atoms with van der Waals surface area (Å²) < 4.78 is 11.3. The number of nitrogens with zero attached hydrogens (tertiary/aromatic N) is 1. The number of methoxy groups -OCH3 is 1. The summed E-state index contributed by atoms with van der Waals surface area (Å²) in [7, 11) is 4.91. The number of hydrogen-bond acceptors (Lipinski definition) is 7. The van der Waals surface area contributed by atoms with E-state index in [4.69, 9.17) is 9.47 Å². The molecule has 0 aromatic heterocycles. The van der Waals surface area contributed by atoms with E-state index < -0.39 is 36.1 Å². The zero-order valence-corrected chi connectivity index (χ0v) is 24.5. The highest BCUT2D eigenvalue weighted by molar-refractivity contribution is 5.92. The predicted molar refractivity (Wildman–Crippen MR) is 154 cm³/mol. The Morgan fingerprint density at radius 3 is 2.00 bits per heavy atom. The highest BCUT2D eigenvalue weighted by atomic mass is 16.5. The molecule has 0 aliphatic carbocycles. The topological polar surface area (TPSA) is 114 Å². The summed E-state index contributed by atoms with van der Waals surface area (Å²) in [6.45, 7) is 7.82. The molecule has 2 rings (SSSR count). The average molecular weight is 554 g/mol. The third kappa shape index (κ3) is 9.19. The van der Waals surface area contributed by atoms with Gasteiger partial charge in [-0.3, -0.25) is 19.3 Å². The van der Waals surface area contributed by atoms with Gasteiger partial charge in [0.05, 0.1) is 13.2 Å². The van der Waals surface area contributed by atoms with Gasteiger partial charge in [-0.2, -0.15) is 0 Å². The number of rotatable bonds is 15. The highest BCUT2D eigenvalue weighted by Gasteiger charge is 2.38. The first kappa shape index (κ1) is 32.5. The van der Waals surface area contributed by atoms with E-state index in [1.165, 1.54) is 7.11 Å². The minimum absolute atomic E-state index is 0.213. The Balaban J connectivity index is 2.58. The van der Waals surface area contributed by atoms with Crippen LogP contribution in [0.5, 0.6) is 5.75 Å². The van der Waals surface area contributed by atoms with Crippen LogP contribution >= 0.6 is 0 Å². The Hall–Kier alpha value is -3.72. The summed E-state index contributed by atoms with van der Waals surface area (Å²) in [6.07, 6.45) is 0.974. The first-order valence-corrected chi connectivity index (χ1v) is 13.6. The van der Waals surface area contributed by atoms with Crippen LogP contribution in [0.25, 0.3) is 0 Å². The van der Waals surface area contributed by atoms with Gasteiger partial charge in [-0.1, -0.05) is 64.4 Å². The Morgan fingerprint density at radius 2 is 1.50 bits per heavy atom. The lowest BCUT2D eigenvalue weighted by atomic mass is 9.96. The second-order valence-corrected chi connectivity index (χ2v) is 10.6. The molecular weight excluding hydrogens is 510 g/mol. The summed E-state index contributed by atoms with van der Waals surface area (Å²) in [6, 6.07) is 13.0. The van der Waals surface area contributed by atoms with Crippen molar-refractivity contribution < 1.29 is 28.7 Å². The largest absolute Gasteiger partial charge is 0.483 e. The van der Waals surface area contributed by atoms with Crippen LogP contribution in [0, 0.1) is 11.8 Å². The monoisotopic (exact) mass is 553 g/mol. The Kier molecular flexibility index (Phi) is 12.8. The highest BCUT2D eigenvalue weighted by Crippen LogP contribution is 2.27. The number of esters is 1. The number of benzene rings is 2. The summed E-state index contributed by atoms with van der Waals surface area (Å²) >= 11 is 0. The second-order valence-electron chi connectivity index (χ2n) is 10.6. The molecule has 0 heterocycles. The Labute approximate surface area is 237 Å². The van der Waals surface area contributed by atoms with Gasteiger partial charge in [0.1, 0.15) is 24.1 Å². The molecule has 0 bridgehead atoms. The molecule has 2 aromatic carbocycles. The van der Waals surface area contributed by atoms with Crippen LogP contribution in [0.3, 0.4) is 0 Å². The van der Waals surface area contributed by atoms with Crippen LogP contribution < -0.4 is 15.4 Å². The number of nitrogens with one attached hydrogen (secondary N) is 2. The van der Waals surface area contributed by atoms with E-state index in [1.807, 2.05) is 64.9 Å². The van der Waals surface area contributed by atoms with Crippen molar-refractivity contribution in [2.24, 2.45) is 11.8 Å². The van der Waals surface area contributed by atoms with Crippen molar-refractivity contribution in [3.63, 3.8) is 0 Å². The van der Waals surface area contributed by atoms with Crippen molar-refractivity contribution in [1.82, 2.24) is 15.5 Å². The minimum atomic E-state index is -1.20. The molecule has 9 nitrogen and oxygen atoms in total. The molecule has 0 spiro atoms. The van der Waals surface area contributed by atoms with Gasteiger partial charge in [0, 0.05) is 5.56 Å². The molecule has 218 valence electrons. The first-order chi connectivity index (χ1) is 19.0. The van der Waals surface area contributed by atoms with Crippen LogP contribution in [-0.2, 0) is 19.1 Å². The fourth-order valence-corrected chi connectivity index (χ4v) is 4.31. The quantitative estimate of drug-likeness (QED) is 0.255. The maximum absolute atomic E-state index is 14.0. The Bertz CT molecular complexity index is 1100. The molecule has 0 aliphatic rings. The molecule has 0 saturated heterocycles. The van der Waals surface area contributed by atoms with E-state index in [9.17, 15) is 19.2 Å². The maximum atomic E-state index is 14.0. The molecule has 0 radical (unpaired) electrons. The maximum Gasteiger partial charge on any atom is 0.328 e. The van der Waals surface area contributed by atoms with Gasteiger partial charge < -0.3 is 20.1 Å². The van der Waals surface area contributed by atoms with Crippen molar-refractivity contribution in [2.45, 2.75) is 64.8 Å². The van der Waals surface area contributed by atoms with Crippen molar-refractivity contribution in [3.8, 4) is 5.75 Å². The van der Waals surface area contributed by atoms with E-state index in [0.717, 1.165) is 6.29 Å². The Morgan fingerprint density at radius 1 is 0.900 bits per heavy atom. The number of hydrogen-bond donors (Lipinski definition) is 2. The molecule has 2 amide bonds. The molecule has 0 saturated carbocycles. The number of likely N-dealkylation sites (N-methyl/N-ethyl adjacent to an activating group) is 1. The molecule has 9 heteroatoms. The molecule has 2 N–H and O–H groups in total. The fourth-order valence-electron chi connectivity index (χ4n) is 4.31. The van der Waals surface area contributed by atoms with E-state index in [1.54, 1.807) is 36.4 Å². The number of carbonyl (C=O) groups excluding carboxylic acids is 4. The van der Waals surface area contributed by atoms with Crippen molar-refractivity contribution >= 4 is 24.1 Å². The summed E-state index contributed by atoms with van der Waals surface area (Å²) in [5.74, 6) is -1.06. The normalized spacial score (nSPS) is 14.9. The standard InChI is InChI=1S/C31H43N3O6/c1-8-21(4)26(31(38)39-7)32-30(37)27(33-29(36)25(34(5)6)18-20(2)3)28(23-12-10-9-11-13-23)40-24-16-14-22(19-35)15-17-24/h9-17,19-21,25-28H,8,18H2,1-7H3,(H,32,37)(H,33,36)/t21-,25-,26-,27+,28+/m0/s1. The number of aldehydes is 1. The van der Waals surface area contributed by atoms with Crippen LogP contribution in [0.2, 0.25) is 0 Å². The number of carbonyl (C=O) groups is 4. The summed E-state index contributed by atoms with van der Waals surface area (Å²) in [5, 5.41) is 5.76. The van der Waals surface area contributed by atoms with Crippen LogP contribution in [0.4, 0.5) is 0 Å². The van der Waals surface area contributed by atoms with Gasteiger partial charge in [0.25, 0.3) is 0 Å². The summed E-state index contributed by atoms with van der Waals surface area (Å²) in [4.78, 5) is 53.2. The molecular formula is C31H43N3O6. The van der Waals surface area contributed by atoms with E-state index in [-0.39, 0.29) is 17.7 Å². The average Bonchev–Trinajstić information content (AvgIpc) is 2.95. The van der Waals surface area contributed by atoms with Crippen LogP contribution in [0.15, 0.2) is 54.6 Å². The molecule has 0 aliphatic heterocycles. The van der Waals surface area contributed by atoms with E-state index >= 15 is 0 Å². The summed E-state index contributed by atoms with van der Waals surface area (Å²) in [5.41, 5.74) is 1.12. The van der Waals surface area contributed by atoms with Crippen molar-refractivity contribution in [2.75, 3.05) is 21.2 Å². The fraction of sp³-hybridized carbons (Fsp3) is 0.484. The number of amides is 2. The minimum Gasteiger partial charge on any atom is -0.483 e. The van der Waals surface area contributed by atoms with Gasteiger partial charge in [-0.15, -0.1) is 0 Å². The SMILES string of the molecule is CC[C@H](C)[C@H](NC(=O)[C@H](NC(=O)[C@H](CC(C)C)N(C)C)[C@H](Oc1ccc(C=O)cc1)c1ccccc1)C(=O)OC. The van der Waals surface area contributed by atoms with Gasteiger partial charge in [-0.25, -0.2) is 4.79 Å². The van der Waals surface area contributed by atoms with E-state index in [2.05, 4.69) is 10.6 Å². The van der Waals surface area contributed by atoms with Gasteiger partial charge in [-0.05, 0) is 62.2 Å². The molecule has 5 atom stereocenters. The van der Waals surface area contributed by atoms with Crippen LogP contribution in [0.1, 0.15) is 62.6 Å². The molecule has 0 fully saturated rings. The molecule has 40 heavy (non-hydrogen) atoms. The zero-order valence-electron chi connectivity index (χ0n) is 24.5. The predicted octanol–water partition coefficient (Wildman–Crippen LogP) is 3.78. The van der Waals surface area contributed by atoms with Crippen molar-refractivity contribution in [3.05, 3.63) is 65.7 Å². The van der Waals surface area contributed by atoms with Gasteiger partial charge in [0.15, 0.2) is 6.10 Å². The first-order valence-electron chi connectivity index (χ1n) is 13.6. The van der Waals surface area contributed by atoms with Crippen LogP contribution in [-0.4, -0.2) is 68.3 Å². The van der Waals surface area contributed by atoms with E-state index in [0.29, 0.717) is 29.7 Å². The lowest BCUT2D eigenvalue weighted by molar-refractivity contribution is -0.147.